The van der Waals surface area contributed by atoms with Gasteiger partial charge in [-0.3, -0.25) is 9.36 Å². The lowest BCUT2D eigenvalue weighted by Crippen LogP contribution is -2.19. The second-order valence-electron chi connectivity index (χ2n) is 3.97. The summed E-state index contributed by atoms with van der Waals surface area (Å²) in [4.78, 5) is 12.8. The lowest BCUT2D eigenvalue weighted by Gasteiger charge is -2.08. The van der Waals surface area contributed by atoms with Gasteiger partial charge in [-0.15, -0.1) is 0 Å². The monoisotopic (exact) mass is 327 g/mol. The minimum atomic E-state index is 0.0860. The predicted octanol–water partition coefficient (Wildman–Crippen LogP) is 3.37. The zero-order chi connectivity index (χ0) is 13.1. The van der Waals surface area contributed by atoms with Crippen molar-refractivity contribution >= 4 is 27.3 Å². The molecule has 0 fully saturated rings. The van der Waals surface area contributed by atoms with Crippen LogP contribution in [0.5, 0.6) is 5.75 Å². The topological polar surface area (TPSA) is 31.2 Å². The van der Waals surface area contributed by atoms with Gasteiger partial charge in [0.1, 0.15) is 12.4 Å². The number of hydrogen-bond acceptors (Lipinski definition) is 3. The maximum absolute atomic E-state index is 11.7. The summed E-state index contributed by atoms with van der Waals surface area (Å²) in [6, 6.07) is 7.68. The van der Waals surface area contributed by atoms with E-state index in [0.717, 1.165) is 20.8 Å². The Kier molecular flexibility index (Phi) is 4.24. The van der Waals surface area contributed by atoms with Gasteiger partial charge < -0.3 is 4.74 Å². The number of hydrogen-bond donors (Lipinski definition) is 0. The molecule has 0 unspecified atom stereocenters. The van der Waals surface area contributed by atoms with Crippen molar-refractivity contribution in [2.75, 3.05) is 6.61 Å². The van der Waals surface area contributed by atoms with E-state index in [1.165, 1.54) is 11.3 Å². The zero-order valence-electron chi connectivity index (χ0n) is 10.3. The average molecular weight is 328 g/mol. The second-order valence-corrected chi connectivity index (χ2v) is 6.05. The van der Waals surface area contributed by atoms with Gasteiger partial charge in [-0.25, -0.2) is 0 Å². The first kappa shape index (κ1) is 13.4. The molecule has 0 saturated heterocycles. The second kappa shape index (κ2) is 5.71. The number of halogens is 1. The Hall–Kier alpha value is -1.07. The Labute approximate surface area is 118 Å². The molecular weight excluding hydrogens is 314 g/mol. The van der Waals surface area contributed by atoms with E-state index in [1.807, 2.05) is 38.1 Å². The smallest absolute Gasteiger partial charge is 0.307 e. The number of ether oxygens (including phenoxy) is 1. The van der Waals surface area contributed by atoms with Crippen LogP contribution in [0.3, 0.4) is 0 Å². The molecule has 96 valence electrons. The normalized spacial score (nSPS) is 10.6. The largest absolute Gasteiger partial charge is 0.492 e. The highest BCUT2D eigenvalue weighted by Crippen LogP contribution is 2.17. The molecule has 0 aliphatic carbocycles. The van der Waals surface area contributed by atoms with Gasteiger partial charge in [-0.2, -0.15) is 0 Å². The molecular formula is C13H14BrNO2S. The molecule has 0 atom stereocenters. The molecule has 0 saturated carbocycles. The van der Waals surface area contributed by atoms with Crippen LogP contribution in [0.1, 0.15) is 10.6 Å². The van der Waals surface area contributed by atoms with Gasteiger partial charge >= 0.3 is 4.87 Å². The molecule has 3 nitrogen and oxygen atoms in total. The number of nitrogens with zero attached hydrogens (tertiary/aromatic N) is 1. The highest BCUT2D eigenvalue weighted by molar-refractivity contribution is 9.10. The summed E-state index contributed by atoms with van der Waals surface area (Å²) in [5.74, 6) is 0.807. The molecule has 0 N–H and O–H groups in total. The van der Waals surface area contributed by atoms with Gasteiger partial charge in [0.2, 0.25) is 0 Å². The number of rotatable bonds is 4. The van der Waals surface area contributed by atoms with Crippen LogP contribution in [0, 0.1) is 13.8 Å². The fraction of sp³-hybridized carbons (Fsp3) is 0.308. The van der Waals surface area contributed by atoms with Crippen molar-refractivity contribution in [3.8, 4) is 5.75 Å². The molecule has 0 aliphatic rings. The Bertz CT molecular complexity index is 603. The zero-order valence-corrected chi connectivity index (χ0v) is 12.7. The summed E-state index contributed by atoms with van der Waals surface area (Å²) in [5, 5.41) is 0. The Balaban J connectivity index is 1.99. The summed E-state index contributed by atoms with van der Waals surface area (Å²) in [7, 11) is 0. The predicted molar refractivity (Wildman–Crippen MR) is 77.7 cm³/mol. The van der Waals surface area contributed by atoms with Crippen molar-refractivity contribution in [3.05, 3.63) is 49.0 Å². The molecule has 0 radical (unpaired) electrons. The molecule has 5 heteroatoms. The fourth-order valence-electron chi connectivity index (χ4n) is 1.66. The van der Waals surface area contributed by atoms with E-state index in [4.69, 9.17) is 4.74 Å². The van der Waals surface area contributed by atoms with Crippen LogP contribution in [0.2, 0.25) is 0 Å². The first-order chi connectivity index (χ1) is 8.58. The summed E-state index contributed by atoms with van der Waals surface area (Å²) < 4.78 is 8.37. The molecule has 18 heavy (non-hydrogen) atoms. The van der Waals surface area contributed by atoms with E-state index < -0.39 is 0 Å². The molecule has 1 aromatic carbocycles. The van der Waals surface area contributed by atoms with Gasteiger partial charge in [0.25, 0.3) is 0 Å². The van der Waals surface area contributed by atoms with E-state index in [0.29, 0.717) is 13.2 Å². The van der Waals surface area contributed by atoms with Crippen LogP contribution in [-0.4, -0.2) is 11.2 Å². The Morgan fingerprint density at radius 1 is 1.39 bits per heavy atom. The minimum Gasteiger partial charge on any atom is -0.492 e. The van der Waals surface area contributed by atoms with Crippen LogP contribution in [0.4, 0.5) is 0 Å². The summed E-state index contributed by atoms with van der Waals surface area (Å²) in [5.41, 5.74) is 1.03. The first-order valence-corrected chi connectivity index (χ1v) is 7.24. The number of aryl methyl sites for hydroxylation is 1. The Morgan fingerprint density at radius 2 is 2.17 bits per heavy atom. The lowest BCUT2D eigenvalue weighted by atomic mass is 10.3. The summed E-state index contributed by atoms with van der Waals surface area (Å²) in [6.07, 6.45) is 0. The lowest BCUT2D eigenvalue weighted by molar-refractivity contribution is 0.296. The van der Waals surface area contributed by atoms with Gasteiger partial charge in [0.15, 0.2) is 0 Å². The van der Waals surface area contributed by atoms with Crippen molar-refractivity contribution in [3.63, 3.8) is 0 Å². The van der Waals surface area contributed by atoms with Crippen molar-refractivity contribution < 1.29 is 4.74 Å². The standard InChI is InChI=1S/C13H14BrNO2S/c1-9-10(2)18-13(16)15(9)6-7-17-12-5-3-4-11(14)8-12/h3-5,8H,6-7H2,1-2H3. The molecule has 2 aromatic rings. The van der Waals surface area contributed by atoms with Gasteiger partial charge in [0.05, 0.1) is 6.54 Å². The van der Waals surface area contributed by atoms with E-state index in [9.17, 15) is 4.79 Å². The van der Waals surface area contributed by atoms with Crippen LogP contribution in [0.15, 0.2) is 33.5 Å². The molecule has 0 spiro atoms. The van der Waals surface area contributed by atoms with Crippen LogP contribution >= 0.6 is 27.3 Å². The van der Waals surface area contributed by atoms with Crippen LogP contribution in [-0.2, 0) is 6.54 Å². The van der Waals surface area contributed by atoms with Crippen molar-refractivity contribution in [2.24, 2.45) is 0 Å². The molecule has 0 aliphatic heterocycles. The van der Waals surface area contributed by atoms with E-state index in [1.54, 1.807) is 4.57 Å². The fourth-order valence-corrected chi connectivity index (χ4v) is 2.89. The minimum absolute atomic E-state index is 0.0860. The quantitative estimate of drug-likeness (QED) is 0.862. The highest BCUT2D eigenvalue weighted by atomic mass is 79.9. The number of benzene rings is 1. The van der Waals surface area contributed by atoms with Gasteiger partial charge in [-0.05, 0) is 32.0 Å². The average Bonchev–Trinajstić information content (AvgIpc) is 2.56. The number of thiazole rings is 1. The molecule has 1 heterocycles. The Morgan fingerprint density at radius 3 is 2.78 bits per heavy atom. The van der Waals surface area contributed by atoms with Crippen molar-refractivity contribution in [1.82, 2.24) is 4.57 Å². The van der Waals surface area contributed by atoms with Gasteiger partial charge in [0, 0.05) is 15.0 Å². The third-order valence-corrected chi connectivity index (χ3v) is 4.24. The van der Waals surface area contributed by atoms with Crippen molar-refractivity contribution in [2.45, 2.75) is 20.4 Å². The first-order valence-electron chi connectivity index (χ1n) is 5.63. The maximum atomic E-state index is 11.7. The third kappa shape index (κ3) is 3.03. The SMILES string of the molecule is Cc1sc(=O)n(CCOc2cccc(Br)c2)c1C. The molecule has 0 bridgehead atoms. The number of aromatic nitrogens is 1. The van der Waals surface area contributed by atoms with Crippen LogP contribution < -0.4 is 9.61 Å². The molecule has 0 amide bonds. The summed E-state index contributed by atoms with van der Waals surface area (Å²) >= 11 is 4.68. The van der Waals surface area contributed by atoms with E-state index in [-0.39, 0.29) is 4.87 Å². The maximum Gasteiger partial charge on any atom is 0.307 e. The van der Waals surface area contributed by atoms with E-state index in [2.05, 4.69) is 15.9 Å². The van der Waals surface area contributed by atoms with Crippen LogP contribution in [0.25, 0.3) is 0 Å². The molecule has 2 rings (SSSR count). The van der Waals surface area contributed by atoms with Gasteiger partial charge in [-0.1, -0.05) is 33.3 Å². The van der Waals surface area contributed by atoms with Crippen molar-refractivity contribution in [1.29, 1.82) is 0 Å². The van der Waals surface area contributed by atoms with E-state index >= 15 is 0 Å². The molecule has 1 aromatic heterocycles. The highest BCUT2D eigenvalue weighted by Gasteiger charge is 2.06. The third-order valence-electron chi connectivity index (χ3n) is 2.75. The summed E-state index contributed by atoms with van der Waals surface area (Å²) in [6.45, 7) is 5.01.